The molecule has 0 bridgehead atoms. The molecule has 0 saturated heterocycles. The van der Waals surface area contributed by atoms with E-state index in [0.717, 1.165) is 4.90 Å². The van der Waals surface area contributed by atoms with E-state index in [9.17, 15) is 9.59 Å². The summed E-state index contributed by atoms with van der Waals surface area (Å²) in [6.45, 7) is 1.93. The highest BCUT2D eigenvalue weighted by Crippen LogP contribution is 2.33. The second-order valence-corrected chi connectivity index (χ2v) is 4.94. The average molecular weight is 288 g/mol. The van der Waals surface area contributed by atoms with Crippen molar-refractivity contribution in [3.05, 3.63) is 35.4 Å². The van der Waals surface area contributed by atoms with Crippen LogP contribution in [0.2, 0.25) is 0 Å². The molecule has 1 heterocycles. The summed E-state index contributed by atoms with van der Waals surface area (Å²) in [5.74, 6) is -0.394. The molecule has 1 aromatic rings. The average Bonchev–Trinajstić information content (AvgIpc) is 2.46. The third-order valence-electron chi connectivity index (χ3n) is 2.74. The highest BCUT2D eigenvalue weighted by molar-refractivity contribution is 6.44. The van der Waals surface area contributed by atoms with E-state index in [4.69, 9.17) is 27.9 Å². The van der Waals surface area contributed by atoms with Gasteiger partial charge in [0.15, 0.2) is 6.10 Å². The Balaban J connectivity index is 2.56. The Morgan fingerprint density at radius 3 is 2.61 bits per heavy atom. The van der Waals surface area contributed by atoms with Crippen LogP contribution in [-0.2, 0) is 4.74 Å². The van der Waals surface area contributed by atoms with Gasteiger partial charge in [-0.3, -0.25) is 4.79 Å². The lowest BCUT2D eigenvalue weighted by atomic mass is 10.0. The van der Waals surface area contributed by atoms with Crippen LogP contribution < -0.4 is 0 Å². The second kappa shape index (κ2) is 5.16. The lowest BCUT2D eigenvalue weighted by molar-refractivity contribution is 0.0600. The summed E-state index contributed by atoms with van der Waals surface area (Å²) in [5, 5.41) is 0. The molecule has 2 rings (SSSR count). The van der Waals surface area contributed by atoms with Crippen LogP contribution in [0.5, 0.6) is 0 Å². The zero-order valence-corrected chi connectivity index (χ0v) is 11.1. The molecule has 6 heteroatoms. The fourth-order valence-corrected chi connectivity index (χ4v) is 2.24. The van der Waals surface area contributed by atoms with Gasteiger partial charge in [-0.05, 0) is 13.0 Å². The number of nitrogens with zero attached hydrogens (tertiary/aromatic N) is 1. The second-order valence-electron chi connectivity index (χ2n) is 3.78. The van der Waals surface area contributed by atoms with Crippen molar-refractivity contribution in [3.8, 4) is 0 Å². The largest absolute Gasteiger partial charge is 0.438 e. The predicted molar refractivity (Wildman–Crippen MR) is 67.9 cm³/mol. The van der Waals surface area contributed by atoms with Gasteiger partial charge in [0.2, 0.25) is 0 Å². The number of ether oxygens (including phenoxy) is 1. The molecular formula is C12H11Cl2NO3. The quantitative estimate of drug-likeness (QED) is 0.785. The fourth-order valence-electron chi connectivity index (χ4n) is 1.86. The Bertz CT molecular complexity index is 490. The van der Waals surface area contributed by atoms with E-state index < -0.39 is 22.9 Å². The zero-order chi connectivity index (χ0) is 13.3. The number of benzene rings is 1. The molecule has 4 nitrogen and oxygen atoms in total. The van der Waals surface area contributed by atoms with E-state index in [0.29, 0.717) is 11.1 Å². The highest BCUT2D eigenvalue weighted by atomic mass is 35.5. The molecule has 0 N–H and O–H groups in total. The van der Waals surface area contributed by atoms with E-state index >= 15 is 0 Å². The van der Waals surface area contributed by atoms with Crippen molar-refractivity contribution < 1.29 is 14.3 Å². The minimum Gasteiger partial charge on any atom is -0.438 e. The first-order valence-electron chi connectivity index (χ1n) is 5.45. The van der Waals surface area contributed by atoms with Gasteiger partial charge in [-0.25, -0.2) is 9.69 Å². The Morgan fingerprint density at radius 2 is 2.00 bits per heavy atom. The molecule has 1 aliphatic heterocycles. The maximum absolute atomic E-state index is 12.2. The molecule has 96 valence electrons. The van der Waals surface area contributed by atoms with Crippen LogP contribution in [-0.4, -0.2) is 28.3 Å². The normalized spacial score (nSPS) is 19.6. The van der Waals surface area contributed by atoms with Crippen LogP contribution in [0, 0.1) is 0 Å². The summed E-state index contributed by atoms with van der Waals surface area (Å²) in [4.78, 5) is 24.1. The standard InChI is InChI=1S/C12H11Cl2NO3/c1-2-15-11(16)8-6-4-3-5-7(8)9(10(13)14)18-12(15)17/h3-6,9-10H,2H2,1H3. The van der Waals surface area contributed by atoms with Gasteiger partial charge < -0.3 is 4.74 Å². The number of fused-ring (bicyclic) bond motifs is 1. The number of carbonyl (C=O) groups excluding carboxylic acids is 2. The van der Waals surface area contributed by atoms with Crippen LogP contribution in [0.1, 0.15) is 28.9 Å². The first-order chi connectivity index (χ1) is 8.56. The van der Waals surface area contributed by atoms with Gasteiger partial charge in [-0.15, -0.1) is 23.2 Å². The van der Waals surface area contributed by atoms with E-state index in [1.165, 1.54) is 0 Å². The Kier molecular flexibility index (Phi) is 3.78. The first-order valence-corrected chi connectivity index (χ1v) is 6.33. The molecule has 0 aromatic heterocycles. The van der Waals surface area contributed by atoms with Gasteiger partial charge in [0.05, 0.1) is 0 Å². The number of halogens is 2. The summed E-state index contributed by atoms with van der Waals surface area (Å²) in [6, 6.07) is 6.77. The van der Waals surface area contributed by atoms with Crippen molar-refractivity contribution in [1.82, 2.24) is 4.90 Å². The van der Waals surface area contributed by atoms with E-state index in [1.54, 1.807) is 31.2 Å². The minimum atomic E-state index is -0.931. The number of rotatable bonds is 2. The number of carbonyl (C=O) groups is 2. The number of alkyl halides is 2. The Morgan fingerprint density at radius 1 is 1.33 bits per heavy atom. The van der Waals surface area contributed by atoms with Crippen LogP contribution in [0.25, 0.3) is 0 Å². The molecule has 2 amide bonds. The van der Waals surface area contributed by atoms with Crippen LogP contribution in [0.3, 0.4) is 0 Å². The number of imide groups is 1. The topological polar surface area (TPSA) is 46.6 Å². The molecule has 0 aliphatic carbocycles. The molecule has 0 saturated carbocycles. The summed E-state index contributed by atoms with van der Waals surface area (Å²) in [5.41, 5.74) is 0.920. The third-order valence-corrected chi connectivity index (χ3v) is 3.19. The maximum Gasteiger partial charge on any atom is 0.417 e. The van der Waals surface area contributed by atoms with Gasteiger partial charge in [-0.1, -0.05) is 18.2 Å². The van der Waals surface area contributed by atoms with Crippen LogP contribution in [0.15, 0.2) is 24.3 Å². The van der Waals surface area contributed by atoms with E-state index in [2.05, 4.69) is 0 Å². The van der Waals surface area contributed by atoms with Gasteiger partial charge in [0, 0.05) is 17.7 Å². The molecule has 18 heavy (non-hydrogen) atoms. The third kappa shape index (κ3) is 2.18. The van der Waals surface area contributed by atoms with E-state index in [1.807, 2.05) is 0 Å². The van der Waals surface area contributed by atoms with Gasteiger partial charge in [0.1, 0.15) is 4.84 Å². The molecule has 1 unspecified atom stereocenters. The molecule has 1 aromatic carbocycles. The zero-order valence-electron chi connectivity index (χ0n) is 9.60. The predicted octanol–water partition coefficient (Wildman–Crippen LogP) is 3.14. The first kappa shape index (κ1) is 13.2. The molecular weight excluding hydrogens is 277 g/mol. The van der Waals surface area contributed by atoms with E-state index in [-0.39, 0.29) is 6.54 Å². The van der Waals surface area contributed by atoms with Gasteiger partial charge >= 0.3 is 6.09 Å². The molecule has 1 atom stereocenters. The number of hydrogen-bond acceptors (Lipinski definition) is 3. The smallest absolute Gasteiger partial charge is 0.417 e. The monoisotopic (exact) mass is 287 g/mol. The lowest BCUT2D eigenvalue weighted by Crippen LogP contribution is -2.35. The molecule has 0 radical (unpaired) electrons. The summed E-state index contributed by atoms with van der Waals surface area (Å²) in [7, 11) is 0. The van der Waals surface area contributed by atoms with Crippen molar-refractivity contribution >= 4 is 35.2 Å². The van der Waals surface area contributed by atoms with Crippen molar-refractivity contribution in [2.45, 2.75) is 17.9 Å². The van der Waals surface area contributed by atoms with Gasteiger partial charge in [-0.2, -0.15) is 0 Å². The number of cyclic esters (lactones) is 1. The molecule has 0 fully saturated rings. The maximum atomic E-state index is 12.2. The summed E-state index contributed by atoms with van der Waals surface area (Å²) < 4.78 is 5.18. The lowest BCUT2D eigenvalue weighted by Gasteiger charge is -2.18. The Labute approximate surface area is 114 Å². The van der Waals surface area contributed by atoms with Crippen molar-refractivity contribution in [3.63, 3.8) is 0 Å². The molecule has 0 spiro atoms. The summed E-state index contributed by atoms with van der Waals surface area (Å²) >= 11 is 11.6. The Hall–Kier alpha value is -1.26. The van der Waals surface area contributed by atoms with Crippen molar-refractivity contribution in [2.75, 3.05) is 6.54 Å². The number of amides is 2. The SMILES string of the molecule is CCN1C(=O)OC(C(Cl)Cl)c2ccccc2C1=O. The summed E-state index contributed by atoms with van der Waals surface area (Å²) in [6.07, 6.45) is -1.56. The number of hydrogen-bond donors (Lipinski definition) is 0. The highest BCUT2D eigenvalue weighted by Gasteiger charge is 2.36. The van der Waals surface area contributed by atoms with Crippen LogP contribution in [0.4, 0.5) is 4.79 Å². The van der Waals surface area contributed by atoms with Crippen LogP contribution >= 0.6 is 23.2 Å². The van der Waals surface area contributed by atoms with Gasteiger partial charge in [0.25, 0.3) is 5.91 Å². The molecule has 1 aliphatic rings. The van der Waals surface area contributed by atoms with Crippen molar-refractivity contribution in [2.24, 2.45) is 0 Å². The minimum absolute atomic E-state index is 0.230. The van der Waals surface area contributed by atoms with Crippen molar-refractivity contribution in [1.29, 1.82) is 0 Å². The fraction of sp³-hybridized carbons (Fsp3) is 0.333.